The van der Waals surface area contributed by atoms with Crippen molar-refractivity contribution in [3.8, 4) is 11.1 Å². The molecule has 1 aromatic heterocycles. The topological polar surface area (TPSA) is 112 Å². The smallest absolute Gasteiger partial charge is 0.337 e. The first-order chi connectivity index (χ1) is 18.6. The van der Waals surface area contributed by atoms with Crippen LogP contribution in [-0.4, -0.2) is 45.0 Å². The first kappa shape index (κ1) is 26.4. The zero-order chi connectivity index (χ0) is 27.7. The molecule has 0 spiro atoms. The number of aromatic nitrogens is 1. The summed E-state index contributed by atoms with van der Waals surface area (Å²) in [4.78, 5) is 43.5. The Bertz CT molecular complexity index is 1410. The van der Waals surface area contributed by atoms with E-state index in [1.165, 1.54) is 11.8 Å². The van der Waals surface area contributed by atoms with Crippen LogP contribution >= 0.6 is 0 Å². The van der Waals surface area contributed by atoms with E-state index in [2.05, 4.69) is 27.8 Å². The Kier molecular flexibility index (Phi) is 7.12. The van der Waals surface area contributed by atoms with Crippen molar-refractivity contribution in [3.63, 3.8) is 0 Å². The van der Waals surface area contributed by atoms with Crippen LogP contribution in [0.25, 0.3) is 11.1 Å². The van der Waals surface area contributed by atoms with Crippen LogP contribution in [0.4, 0.5) is 4.79 Å². The van der Waals surface area contributed by atoms with Crippen LogP contribution in [0.3, 0.4) is 0 Å². The second kappa shape index (κ2) is 10.5. The number of aromatic carboxylic acids is 1. The number of nitrogens with zero attached hydrogens (tertiary/aromatic N) is 2. The fraction of sp³-hybridized carbons (Fsp3) is 0.355. The Hall–Kier alpha value is -4.20. The normalized spacial score (nSPS) is 18.2. The van der Waals surface area contributed by atoms with Crippen molar-refractivity contribution in [1.29, 1.82) is 0 Å². The van der Waals surface area contributed by atoms with Crippen LogP contribution in [0.1, 0.15) is 65.7 Å². The molecule has 8 heteroatoms. The molecule has 3 N–H and O–H groups in total. The monoisotopic (exact) mass is 526 g/mol. The number of amides is 3. The maximum Gasteiger partial charge on any atom is 0.337 e. The lowest BCUT2D eigenvalue weighted by molar-refractivity contribution is -0.122. The summed E-state index contributed by atoms with van der Waals surface area (Å²) in [5.74, 6) is -0.760. The van der Waals surface area contributed by atoms with Crippen molar-refractivity contribution in [2.45, 2.75) is 58.2 Å². The van der Waals surface area contributed by atoms with Crippen molar-refractivity contribution in [3.05, 3.63) is 88.7 Å². The average Bonchev–Trinajstić information content (AvgIpc) is 3.72. The molecule has 0 saturated heterocycles. The van der Waals surface area contributed by atoms with E-state index in [0.29, 0.717) is 26.1 Å². The van der Waals surface area contributed by atoms with Crippen LogP contribution in [0.2, 0.25) is 0 Å². The molecule has 1 fully saturated rings. The summed E-state index contributed by atoms with van der Waals surface area (Å²) < 4.78 is 0. The molecule has 8 nitrogen and oxygen atoms in total. The van der Waals surface area contributed by atoms with E-state index < -0.39 is 5.97 Å². The predicted octanol–water partition coefficient (Wildman–Crippen LogP) is 4.73. The zero-order valence-electron chi connectivity index (χ0n) is 22.5. The third-order valence-electron chi connectivity index (χ3n) is 7.38. The molecule has 2 heterocycles. The van der Waals surface area contributed by atoms with Crippen molar-refractivity contribution in [2.24, 2.45) is 5.92 Å². The highest BCUT2D eigenvalue weighted by Gasteiger charge is 2.43. The molecule has 2 aromatic carbocycles. The van der Waals surface area contributed by atoms with Gasteiger partial charge in [0.2, 0.25) is 5.91 Å². The van der Waals surface area contributed by atoms with Gasteiger partial charge in [-0.15, -0.1) is 0 Å². The maximum absolute atomic E-state index is 13.0. The third-order valence-corrected chi connectivity index (χ3v) is 7.38. The number of benzene rings is 2. The first-order valence-corrected chi connectivity index (χ1v) is 13.3. The van der Waals surface area contributed by atoms with Gasteiger partial charge in [0.15, 0.2) is 0 Å². The van der Waals surface area contributed by atoms with E-state index in [4.69, 9.17) is 0 Å². The number of carbonyl (C=O) groups excluding carboxylic acids is 2. The summed E-state index contributed by atoms with van der Waals surface area (Å²) in [6, 6.07) is 15.5. The molecule has 3 aromatic rings. The van der Waals surface area contributed by atoms with Crippen LogP contribution in [0, 0.1) is 5.92 Å². The number of pyridine rings is 1. The van der Waals surface area contributed by atoms with E-state index in [9.17, 15) is 19.5 Å². The van der Waals surface area contributed by atoms with Gasteiger partial charge in [0.25, 0.3) is 0 Å². The van der Waals surface area contributed by atoms with Crippen molar-refractivity contribution < 1.29 is 19.5 Å². The Labute approximate surface area is 228 Å². The summed E-state index contributed by atoms with van der Waals surface area (Å²) in [6.07, 6.45) is 4.46. The van der Waals surface area contributed by atoms with Crippen LogP contribution in [0.5, 0.6) is 0 Å². The van der Waals surface area contributed by atoms with Gasteiger partial charge in [0, 0.05) is 49.0 Å². The van der Waals surface area contributed by atoms with Gasteiger partial charge in [-0.1, -0.05) is 42.5 Å². The van der Waals surface area contributed by atoms with Gasteiger partial charge in [-0.05, 0) is 73.4 Å². The molecule has 2 unspecified atom stereocenters. The molecule has 1 saturated carbocycles. The van der Waals surface area contributed by atoms with Gasteiger partial charge >= 0.3 is 12.0 Å². The van der Waals surface area contributed by atoms with Crippen LogP contribution in [0.15, 0.2) is 60.9 Å². The second-order valence-corrected chi connectivity index (χ2v) is 11.4. The SMILES string of the molecule is CC(C)(C)NC(=O)N1CCc2c(-c3cncc(C(=O)O)c3)ccc(CNC(=O)C3CC3c3ccccc3)c2C1. The average molecular weight is 527 g/mol. The van der Waals surface area contributed by atoms with Gasteiger partial charge in [0.1, 0.15) is 0 Å². The summed E-state index contributed by atoms with van der Waals surface area (Å²) >= 11 is 0. The van der Waals surface area contributed by atoms with Gasteiger partial charge < -0.3 is 20.6 Å². The standard InChI is InChI=1S/C31H34N4O4/c1-31(2,3)34-30(39)35-12-11-24-23(21-13-22(29(37)38)16-32-15-21)10-9-20(27(24)18-35)17-33-28(36)26-14-25(26)19-7-5-4-6-8-19/h4-10,13,15-16,25-26H,11-12,14,17-18H2,1-3H3,(H,33,36)(H,34,39)(H,37,38). The number of hydrogen-bond donors (Lipinski definition) is 3. The van der Waals surface area contributed by atoms with Gasteiger partial charge in [0.05, 0.1) is 5.56 Å². The van der Waals surface area contributed by atoms with E-state index in [1.54, 1.807) is 17.2 Å². The number of carboxylic acid groups (broad SMARTS) is 1. The van der Waals surface area contributed by atoms with E-state index in [1.807, 2.05) is 51.1 Å². The largest absolute Gasteiger partial charge is 0.478 e. The van der Waals surface area contributed by atoms with Crippen LogP contribution < -0.4 is 10.6 Å². The number of hydrogen-bond acceptors (Lipinski definition) is 4. The highest BCUT2D eigenvalue weighted by Crippen LogP contribution is 2.47. The maximum atomic E-state index is 13.0. The molecule has 2 atom stereocenters. The van der Waals surface area contributed by atoms with E-state index in [-0.39, 0.29) is 34.9 Å². The highest BCUT2D eigenvalue weighted by molar-refractivity contribution is 5.89. The minimum absolute atomic E-state index is 0.0265. The molecular weight excluding hydrogens is 492 g/mol. The quantitative estimate of drug-likeness (QED) is 0.430. The third kappa shape index (κ3) is 5.95. The molecule has 1 aliphatic heterocycles. The Balaban J connectivity index is 1.40. The van der Waals surface area contributed by atoms with Crippen molar-refractivity contribution >= 4 is 17.9 Å². The molecule has 39 heavy (non-hydrogen) atoms. The number of rotatable bonds is 6. The molecule has 2 aliphatic rings. The number of carboxylic acids is 1. The fourth-order valence-corrected chi connectivity index (χ4v) is 5.32. The summed E-state index contributed by atoms with van der Waals surface area (Å²) in [5, 5.41) is 15.6. The molecular formula is C31H34N4O4. The minimum atomic E-state index is -1.03. The molecule has 0 radical (unpaired) electrons. The van der Waals surface area contributed by atoms with Gasteiger partial charge in [-0.3, -0.25) is 9.78 Å². The highest BCUT2D eigenvalue weighted by atomic mass is 16.4. The fourth-order valence-electron chi connectivity index (χ4n) is 5.32. The summed E-state index contributed by atoms with van der Waals surface area (Å²) in [5.41, 5.74) is 5.57. The van der Waals surface area contributed by atoms with Crippen molar-refractivity contribution in [2.75, 3.05) is 6.54 Å². The van der Waals surface area contributed by atoms with Gasteiger partial charge in [-0.25, -0.2) is 9.59 Å². The molecule has 5 rings (SSSR count). The molecule has 3 amide bonds. The molecule has 202 valence electrons. The lowest BCUT2D eigenvalue weighted by Gasteiger charge is -2.34. The molecule has 1 aliphatic carbocycles. The first-order valence-electron chi connectivity index (χ1n) is 13.3. The van der Waals surface area contributed by atoms with E-state index in [0.717, 1.165) is 34.2 Å². The summed E-state index contributed by atoms with van der Waals surface area (Å²) in [7, 11) is 0. The Morgan fingerprint density at radius 3 is 2.54 bits per heavy atom. The van der Waals surface area contributed by atoms with Crippen LogP contribution in [-0.2, 0) is 24.3 Å². The minimum Gasteiger partial charge on any atom is -0.478 e. The van der Waals surface area contributed by atoms with Crippen molar-refractivity contribution in [1.82, 2.24) is 20.5 Å². The lowest BCUT2D eigenvalue weighted by atomic mass is 9.87. The van der Waals surface area contributed by atoms with Gasteiger partial charge in [-0.2, -0.15) is 0 Å². The number of carbonyl (C=O) groups is 3. The number of nitrogens with one attached hydrogen (secondary N) is 2. The predicted molar refractivity (Wildman–Crippen MR) is 148 cm³/mol. The zero-order valence-corrected chi connectivity index (χ0v) is 22.5. The lowest BCUT2D eigenvalue weighted by Crippen LogP contribution is -2.50. The number of fused-ring (bicyclic) bond motifs is 1. The molecule has 0 bridgehead atoms. The number of urea groups is 1. The summed E-state index contributed by atoms with van der Waals surface area (Å²) in [6.45, 7) is 7.14. The Morgan fingerprint density at radius 2 is 1.82 bits per heavy atom. The second-order valence-electron chi connectivity index (χ2n) is 11.4. The van der Waals surface area contributed by atoms with E-state index >= 15 is 0 Å². The Morgan fingerprint density at radius 1 is 1.05 bits per heavy atom.